The van der Waals surface area contributed by atoms with E-state index < -0.39 is 14.4 Å². The van der Waals surface area contributed by atoms with Gasteiger partial charge in [-0.2, -0.15) is 0 Å². The zero-order chi connectivity index (χ0) is 17.9. The van der Waals surface area contributed by atoms with Crippen LogP contribution >= 0.6 is 0 Å². The molecular formula is C19H34O3Si. The normalized spacial score (nSPS) is 13.9. The summed E-state index contributed by atoms with van der Waals surface area (Å²) in [7, 11) is -3.04. The van der Waals surface area contributed by atoms with Gasteiger partial charge in [0, 0.05) is 17.4 Å². The molecule has 0 fully saturated rings. The Hall–Kier alpha value is -0.683. The van der Waals surface area contributed by atoms with Crippen molar-refractivity contribution in [3.8, 4) is 0 Å². The van der Waals surface area contributed by atoms with E-state index in [9.17, 15) is 0 Å². The van der Waals surface area contributed by atoms with Crippen LogP contribution in [0, 0.1) is 5.41 Å². The van der Waals surface area contributed by atoms with Crippen molar-refractivity contribution < 1.29 is 13.3 Å². The summed E-state index contributed by atoms with van der Waals surface area (Å²) in [5.41, 5.74) is -0.431. The van der Waals surface area contributed by atoms with E-state index in [2.05, 4.69) is 46.8 Å². The fraction of sp³-hybridized carbons (Fsp3) is 0.684. The lowest BCUT2D eigenvalue weighted by Crippen LogP contribution is -2.64. The van der Waals surface area contributed by atoms with E-state index in [0.717, 1.165) is 5.19 Å². The molecule has 132 valence electrons. The first-order chi connectivity index (χ1) is 10.4. The lowest BCUT2D eigenvalue weighted by molar-refractivity contribution is -0.0756. The Labute approximate surface area is 143 Å². The number of rotatable bonds is 7. The minimum absolute atomic E-state index is 0.0244. The van der Waals surface area contributed by atoms with Gasteiger partial charge in [-0.25, -0.2) is 0 Å². The molecule has 0 saturated heterocycles. The molecule has 0 radical (unpaired) electrons. The quantitative estimate of drug-likeness (QED) is 0.684. The number of hydrogen-bond donors (Lipinski definition) is 0. The topological polar surface area (TPSA) is 27.7 Å². The maximum atomic E-state index is 6.69. The SMILES string of the molecule is CC(C)O[Si](OC(C)C)(OC(C)(C)C(C)(C)C)c1ccccc1. The predicted molar refractivity (Wildman–Crippen MR) is 98.9 cm³/mol. The van der Waals surface area contributed by atoms with Crippen LogP contribution in [0.3, 0.4) is 0 Å². The van der Waals surface area contributed by atoms with E-state index in [-0.39, 0.29) is 17.6 Å². The van der Waals surface area contributed by atoms with Crippen molar-refractivity contribution in [2.75, 3.05) is 0 Å². The summed E-state index contributed by atoms with van der Waals surface area (Å²) in [6, 6.07) is 10.1. The van der Waals surface area contributed by atoms with E-state index in [1.165, 1.54) is 0 Å². The molecule has 0 aliphatic carbocycles. The average molecular weight is 339 g/mol. The monoisotopic (exact) mass is 338 g/mol. The van der Waals surface area contributed by atoms with Crippen LogP contribution < -0.4 is 5.19 Å². The first-order valence-corrected chi connectivity index (χ1v) is 10.2. The highest BCUT2D eigenvalue weighted by atomic mass is 28.4. The van der Waals surface area contributed by atoms with E-state index in [1.54, 1.807) is 0 Å². The highest BCUT2D eigenvalue weighted by Crippen LogP contribution is 2.36. The molecule has 0 atom stereocenters. The van der Waals surface area contributed by atoms with Gasteiger partial charge in [-0.3, -0.25) is 0 Å². The maximum absolute atomic E-state index is 6.69. The molecule has 0 aliphatic heterocycles. The van der Waals surface area contributed by atoms with E-state index in [0.29, 0.717) is 0 Å². The van der Waals surface area contributed by atoms with Crippen LogP contribution in [0.5, 0.6) is 0 Å². The van der Waals surface area contributed by atoms with Gasteiger partial charge in [0.05, 0.1) is 5.60 Å². The summed E-state index contributed by atoms with van der Waals surface area (Å²) in [6.07, 6.45) is 0.0489. The molecule has 1 aromatic rings. The van der Waals surface area contributed by atoms with Crippen LogP contribution in [0.4, 0.5) is 0 Å². The van der Waals surface area contributed by atoms with Crippen LogP contribution in [-0.4, -0.2) is 26.6 Å². The fourth-order valence-electron chi connectivity index (χ4n) is 2.02. The first-order valence-electron chi connectivity index (χ1n) is 8.51. The summed E-state index contributed by atoms with van der Waals surface area (Å²) >= 11 is 0. The molecule has 0 unspecified atom stereocenters. The van der Waals surface area contributed by atoms with Gasteiger partial charge in [0.1, 0.15) is 0 Å². The second-order valence-electron chi connectivity index (χ2n) is 8.12. The van der Waals surface area contributed by atoms with E-state index in [4.69, 9.17) is 13.3 Å². The zero-order valence-electron chi connectivity index (χ0n) is 16.3. The minimum atomic E-state index is -3.04. The van der Waals surface area contributed by atoms with Gasteiger partial charge >= 0.3 is 8.80 Å². The van der Waals surface area contributed by atoms with Crippen molar-refractivity contribution in [1.82, 2.24) is 0 Å². The molecular weight excluding hydrogens is 304 g/mol. The molecule has 0 N–H and O–H groups in total. The van der Waals surface area contributed by atoms with Crippen molar-refractivity contribution in [1.29, 1.82) is 0 Å². The highest BCUT2D eigenvalue weighted by Gasteiger charge is 2.52. The second kappa shape index (κ2) is 7.47. The molecule has 0 heterocycles. The van der Waals surface area contributed by atoms with Gasteiger partial charge in [-0.15, -0.1) is 0 Å². The molecule has 0 amide bonds. The first kappa shape index (κ1) is 20.4. The minimum Gasteiger partial charge on any atom is -0.367 e. The summed E-state index contributed by atoms with van der Waals surface area (Å²) < 4.78 is 19.4. The third kappa shape index (κ3) is 5.42. The highest BCUT2D eigenvalue weighted by molar-refractivity contribution is 6.75. The largest absolute Gasteiger partial charge is 0.538 e. The number of benzene rings is 1. The van der Waals surface area contributed by atoms with Crippen molar-refractivity contribution in [2.45, 2.75) is 80.1 Å². The summed E-state index contributed by atoms with van der Waals surface area (Å²) in [5.74, 6) is 0. The Morgan fingerprint density at radius 3 is 1.57 bits per heavy atom. The van der Waals surface area contributed by atoms with E-state index in [1.807, 2.05) is 45.9 Å². The standard InChI is InChI=1S/C19H34O3Si/c1-15(2)20-23(21-16(3)4,17-13-11-10-12-14-17)22-19(8,9)18(5,6)7/h10-16H,1-9H3. The summed E-state index contributed by atoms with van der Waals surface area (Å²) in [6.45, 7) is 18.9. The maximum Gasteiger partial charge on any atom is 0.538 e. The Balaban J connectivity index is 3.38. The van der Waals surface area contributed by atoms with Crippen LogP contribution in [0.1, 0.15) is 62.3 Å². The van der Waals surface area contributed by atoms with Crippen molar-refractivity contribution in [3.63, 3.8) is 0 Å². The van der Waals surface area contributed by atoms with Crippen molar-refractivity contribution in [2.24, 2.45) is 5.41 Å². The fourth-order valence-corrected chi connectivity index (χ4v) is 5.38. The average Bonchev–Trinajstić information content (AvgIpc) is 2.36. The molecule has 0 saturated carbocycles. The second-order valence-corrected chi connectivity index (χ2v) is 10.5. The smallest absolute Gasteiger partial charge is 0.367 e. The predicted octanol–water partition coefficient (Wildman–Crippen LogP) is 4.52. The molecule has 0 aromatic heterocycles. The lowest BCUT2D eigenvalue weighted by Gasteiger charge is -2.45. The lowest BCUT2D eigenvalue weighted by atomic mass is 9.79. The van der Waals surface area contributed by atoms with Gasteiger partial charge in [0.25, 0.3) is 0 Å². The van der Waals surface area contributed by atoms with Crippen LogP contribution in [0.15, 0.2) is 30.3 Å². The van der Waals surface area contributed by atoms with Gasteiger partial charge < -0.3 is 13.3 Å². The van der Waals surface area contributed by atoms with Crippen LogP contribution in [-0.2, 0) is 13.3 Å². The van der Waals surface area contributed by atoms with Gasteiger partial charge in [0.15, 0.2) is 0 Å². The third-order valence-corrected chi connectivity index (χ3v) is 7.49. The van der Waals surface area contributed by atoms with Crippen LogP contribution in [0.25, 0.3) is 0 Å². The van der Waals surface area contributed by atoms with Gasteiger partial charge in [0.2, 0.25) is 0 Å². The Morgan fingerprint density at radius 2 is 1.22 bits per heavy atom. The van der Waals surface area contributed by atoms with Crippen molar-refractivity contribution >= 4 is 14.0 Å². The summed E-state index contributed by atoms with van der Waals surface area (Å²) in [5, 5.41) is 1.01. The van der Waals surface area contributed by atoms with Crippen LogP contribution in [0.2, 0.25) is 0 Å². The molecule has 1 aromatic carbocycles. The Bertz CT molecular complexity index is 465. The number of hydrogen-bond acceptors (Lipinski definition) is 3. The molecule has 0 spiro atoms. The Morgan fingerprint density at radius 1 is 0.783 bits per heavy atom. The van der Waals surface area contributed by atoms with Gasteiger partial charge in [-0.05, 0) is 47.0 Å². The molecule has 0 bridgehead atoms. The zero-order valence-corrected chi connectivity index (χ0v) is 17.3. The van der Waals surface area contributed by atoms with Gasteiger partial charge in [-0.1, -0.05) is 51.1 Å². The van der Waals surface area contributed by atoms with E-state index >= 15 is 0 Å². The Kier molecular flexibility index (Phi) is 6.61. The van der Waals surface area contributed by atoms with Crippen molar-refractivity contribution in [3.05, 3.63) is 30.3 Å². The molecule has 23 heavy (non-hydrogen) atoms. The summed E-state index contributed by atoms with van der Waals surface area (Å²) in [4.78, 5) is 0. The molecule has 3 nitrogen and oxygen atoms in total. The molecule has 0 aliphatic rings. The molecule has 1 rings (SSSR count). The molecule has 4 heteroatoms. The third-order valence-electron chi connectivity index (χ3n) is 4.10.